The van der Waals surface area contributed by atoms with E-state index in [1.54, 1.807) is 18.2 Å². The molecule has 2 aromatic carbocycles. The fourth-order valence-corrected chi connectivity index (χ4v) is 3.56. The normalized spacial score (nSPS) is 12.3. The Bertz CT molecular complexity index is 877. The number of carbonyl (C=O) groups is 1. The lowest BCUT2D eigenvalue weighted by molar-refractivity contribution is 0.0963. The Kier molecular flexibility index (Phi) is 6.26. The van der Waals surface area contributed by atoms with Gasteiger partial charge in [0.05, 0.1) is 23.3 Å². The molecule has 6 nitrogen and oxygen atoms in total. The number of carbonyl (C=O) groups excluding carboxylic acids is 1. The van der Waals surface area contributed by atoms with E-state index in [2.05, 4.69) is 23.9 Å². The molecule has 1 atom stereocenters. The highest BCUT2D eigenvalue weighted by atomic mass is 32.2. The van der Waals surface area contributed by atoms with Gasteiger partial charge in [-0.2, -0.15) is 0 Å². The number of sulfonamides is 1. The molecule has 0 heterocycles. The predicted octanol–water partition coefficient (Wildman–Crippen LogP) is 3.37. The number of anilines is 1. The van der Waals surface area contributed by atoms with E-state index >= 15 is 0 Å². The highest BCUT2D eigenvalue weighted by molar-refractivity contribution is 7.92. The minimum Gasteiger partial charge on any atom is -0.497 e. The summed E-state index contributed by atoms with van der Waals surface area (Å²) in [7, 11) is -0.859. The summed E-state index contributed by atoms with van der Waals surface area (Å²) < 4.78 is 33.0. The van der Waals surface area contributed by atoms with Crippen LogP contribution in [0.5, 0.6) is 5.75 Å². The zero-order valence-corrected chi connectivity index (χ0v) is 16.2. The number of benzene rings is 2. The first-order valence-electron chi connectivity index (χ1n) is 8.35. The van der Waals surface area contributed by atoms with E-state index in [9.17, 15) is 13.2 Å². The lowest BCUT2D eigenvalue weighted by Crippen LogP contribution is -2.21. The molecular weight excluding hydrogens is 352 g/mol. The number of hydrogen-bond donors (Lipinski definition) is 2. The van der Waals surface area contributed by atoms with Gasteiger partial charge in [-0.3, -0.25) is 9.52 Å². The lowest BCUT2D eigenvalue weighted by atomic mass is 9.99. The molecule has 0 fully saturated rings. The number of nitrogens with one attached hydrogen (secondary N) is 2. The second-order valence-corrected chi connectivity index (χ2v) is 7.66. The smallest absolute Gasteiger partial charge is 0.261 e. The molecule has 0 aromatic heterocycles. The molecule has 1 amide bonds. The monoisotopic (exact) mass is 376 g/mol. The van der Waals surface area contributed by atoms with Crippen LogP contribution in [0.1, 0.15) is 42.1 Å². The first-order chi connectivity index (χ1) is 12.3. The number of methoxy groups -OCH3 is 1. The van der Waals surface area contributed by atoms with Crippen LogP contribution in [0.2, 0.25) is 0 Å². The molecule has 2 N–H and O–H groups in total. The topological polar surface area (TPSA) is 84.5 Å². The van der Waals surface area contributed by atoms with Crippen LogP contribution >= 0.6 is 0 Å². The van der Waals surface area contributed by atoms with Crippen molar-refractivity contribution in [1.29, 1.82) is 0 Å². The van der Waals surface area contributed by atoms with Crippen LogP contribution in [0.3, 0.4) is 0 Å². The van der Waals surface area contributed by atoms with E-state index in [-0.39, 0.29) is 16.1 Å². The number of ether oxygens (including phenoxy) is 1. The van der Waals surface area contributed by atoms with Gasteiger partial charge in [-0.25, -0.2) is 8.42 Å². The maximum atomic E-state index is 12.7. The largest absolute Gasteiger partial charge is 0.497 e. The summed E-state index contributed by atoms with van der Waals surface area (Å²) in [5.74, 6) is 0.416. The summed E-state index contributed by atoms with van der Waals surface area (Å²) >= 11 is 0. The standard InChI is InChI=1S/C19H24N2O4S/c1-5-13(2)14-6-9-16(10-7-14)26(23,24)21-18-11-8-15(25-4)12-17(18)19(22)20-3/h6-13,21H,5H2,1-4H3,(H,20,22). The highest BCUT2D eigenvalue weighted by Crippen LogP contribution is 2.26. The highest BCUT2D eigenvalue weighted by Gasteiger charge is 2.19. The molecular formula is C19H24N2O4S. The molecule has 0 saturated carbocycles. The van der Waals surface area contributed by atoms with Gasteiger partial charge in [-0.1, -0.05) is 26.0 Å². The molecule has 140 valence electrons. The van der Waals surface area contributed by atoms with Crippen LogP contribution in [-0.2, 0) is 10.0 Å². The number of rotatable bonds is 7. The quantitative estimate of drug-likeness (QED) is 0.776. The summed E-state index contributed by atoms with van der Waals surface area (Å²) in [4.78, 5) is 12.2. The minimum atomic E-state index is -3.82. The van der Waals surface area contributed by atoms with E-state index in [1.807, 2.05) is 12.1 Å². The van der Waals surface area contributed by atoms with Gasteiger partial charge >= 0.3 is 0 Å². The number of hydrogen-bond acceptors (Lipinski definition) is 4. The van der Waals surface area contributed by atoms with Gasteiger partial charge in [-0.15, -0.1) is 0 Å². The van der Waals surface area contributed by atoms with E-state index < -0.39 is 15.9 Å². The molecule has 0 radical (unpaired) electrons. The van der Waals surface area contributed by atoms with E-state index in [0.717, 1.165) is 12.0 Å². The second kappa shape index (κ2) is 8.23. The van der Waals surface area contributed by atoms with Crippen LogP contribution in [0.4, 0.5) is 5.69 Å². The van der Waals surface area contributed by atoms with Crippen LogP contribution in [0, 0.1) is 0 Å². The zero-order chi connectivity index (χ0) is 19.3. The maximum Gasteiger partial charge on any atom is 0.261 e. The summed E-state index contributed by atoms with van der Waals surface area (Å²) in [6.07, 6.45) is 0.978. The van der Waals surface area contributed by atoms with Gasteiger partial charge in [0.2, 0.25) is 0 Å². The van der Waals surface area contributed by atoms with Crippen LogP contribution in [0.15, 0.2) is 47.4 Å². The van der Waals surface area contributed by atoms with Gasteiger partial charge in [0.15, 0.2) is 0 Å². The molecule has 7 heteroatoms. The van der Waals surface area contributed by atoms with Gasteiger partial charge in [0.25, 0.3) is 15.9 Å². The Hall–Kier alpha value is -2.54. The van der Waals surface area contributed by atoms with E-state index in [0.29, 0.717) is 11.7 Å². The number of amides is 1. The average molecular weight is 376 g/mol. The third-order valence-corrected chi connectivity index (χ3v) is 5.70. The Balaban J connectivity index is 2.36. The maximum absolute atomic E-state index is 12.7. The third-order valence-electron chi connectivity index (χ3n) is 4.31. The Labute approximate surface area is 154 Å². The fourth-order valence-electron chi connectivity index (χ4n) is 2.48. The predicted molar refractivity (Wildman–Crippen MR) is 102 cm³/mol. The van der Waals surface area contributed by atoms with Crippen molar-refractivity contribution in [2.24, 2.45) is 0 Å². The average Bonchev–Trinajstić information content (AvgIpc) is 2.66. The van der Waals surface area contributed by atoms with Crippen molar-refractivity contribution in [3.05, 3.63) is 53.6 Å². The minimum absolute atomic E-state index is 0.142. The molecule has 2 rings (SSSR count). The molecule has 0 saturated heterocycles. The SMILES string of the molecule is CCC(C)c1ccc(S(=O)(=O)Nc2ccc(OC)cc2C(=O)NC)cc1. The molecule has 2 aromatic rings. The molecule has 26 heavy (non-hydrogen) atoms. The lowest BCUT2D eigenvalue weighted by Gasteiger charge is -2.14. The first kappa shape index (κ1) is 19.8. The van der Waals surface area contributed by atoms with Crippen LogP contribution in [-0.4, -0.2) is 28.5 Å². The first-order valence-corrected chi connectivity index (χ1v) is 9.83. The van der Waals surface area contributed by atoms with Gasteiger partial charge in [0, 0.05) is 7.05 Å². The molecule has 0 spiro atoms. The van der Waals surface area contributed by atoms with Gasteiger partial charge < -0.3 is 10.1 Å². The van der Waals surface area contributed by atoms with Crippen molar-refractivity contribution in [3.63, 3.8) is 0 Å². The molecule has 0 bridgehead atoms. The van der Waals surface area contributed by atoms with Crippen molar-refractivity contribution in [2.75, 3.05) is 18.9 Å². The van der Waals surface area contributed by atoms with Gasteiger partial charge in [-0.05, 0) is 48.2 Å². The van der Waals surface area contributed by atoms with Crippen LogP contribution in [0.25, 0.3) is 0 Å². The Morgan fingerprint density at radius 1 is 1.15 bits per heavy atom. The van der Waals surface area contributed by atoms with Crippen molar-refractivity contribution in [1.82, 2.24) is 5.32 Å². The fraction of sp³-hybridized carbons (Fsp3) is 0.316. The third kappa shape index (κ3) is 4.35. The molecule has 1 unspecified atom stereocenters. The van der Waals surface area contributed by atoms with E-state index in [4.69, 9.17) is 4.74 Å². The van der Waals surface area contributed by atoms with Crippen molar-refractivity contribution in [3.8, 4) is 5.75 Å². The van der Waals surface area contributed by atoms with Gasteiger partial charge in [0.1, 0.15) is 5.75 Å². The van der Waals surface area contributed by atoms with Crippen LogP contribution < -0.4 is 14.8 Å². The summed E-state index contributed by atoms with van der Waals surface area (Å²) in [6, 6.07) is 11.4. The summed E-state index contributed by atoms with van der Waals surface area (Å²) in [5, 5.41) is 2.50. The van der Waals surface area contributed by atoms with Crippen molar-refractivity contribution >= 4 is 21.6 Å². The molecule has 0 aliphatic heterocycles. The Morgan fingerprint density at radius 3 is 2.35 bits per heavy atom. The zero-order valence-electron chi connectivity index (χ0n) is 15.4. The molecule has 0 aliphatic carbocycles. The second-order valence-electron chi connectivity index (χ2n) is 5.97. The summed E-state index contributed by atoms with van der Waals surface area (Å²) in [6.45, 7) is 4.18. The van der Waals surface area contributed by atoms with E-state index in [1.165, 1.54) is 26.3 Å². The van der Waals surface area contributed by atoms with Crippen molar-refractivity contribution in [2.45, 2.75) is 31.1 Å². The van der Waals surface area contributed by atoms with Crippen molar-refractivity contribution < 1.29 is 17.9 Å². The summed E-state index contributed by atoms with van der Waals surface area (Å²) in [5.41, 5.74) is 1.46. The molecule has 0 aliphatic rings. The Morgan fingerprint density at radius 2 is 1.81 bits per heavy atom.